The van der Waals surface area contributed by atoms with E-state index >= 15 is 0 Å². The third kappa shape index (κ3) is 3.22. The summed E-state index contributed by atoms with van der Waals surface area (Å²) in [7, 11) is 0. The Hall–Kier alpha value is -0.700. The van der Waals surface area contributed by atoms with Crippen molar-refractivity contribution in [3.63, 3.8) is 0 Å². The summed E-state index contributed by atoms with van der Waals surface area (Å²) in [6.07, 6.45) is 1.14. The zero-order valence-electron chi connectivity index (χ0n) is 8.59. The molecule has 1 atom stereocenters. The molecule has 2 N–H and O–H groups in total. The third-order valence-corrected chi connectivity index (χ3v) is 3.58. The maximum Gasteiger partial charge on any atom is 0.146 e. The molecule has 0 amide bonds. The van der Waals surface area contributed by atoms with Crippen molar-refractivity contribution in [2.75, 3.05) is 5.73 Å². The Bertz CT molecular complexity index is 301. The zero-order chi connectivity index (χ0) is 10.6. The van der Waals surface area contributed by atoms with E-state index in [0.717, 1.165) is 17.7 Å². The summed E-state index contributed by atoms with van der Waals surface area (Å²) < 4.78 is 13.1. The van der Waals surface area contributed by atoms with Crippen LogP contribution in [-0.4, -0.2) is 5.25 Å². The molecule has 0 aliphatic rings. The normalized spacial score (nSPS) is 12.8. The summed E-state index contributed by atoms with van der Waals surface area (Å²) in [5.41, 5.74) is 6.62. The lowest BCUT2D eigenvalue weighted by Gasteiger charge is -2.08. The molecule has 1 rings (SSSR count). The average molecular weight is 213 g/mol. The molecule has 1 unspecified atom stereocenters. The van der Waals surface area contributed by atoms with Crippen LogP contribution in [0, 0.1) is 5.82 Å². The van der Waals surface area contributed by atoms with Crippen LogP contribution in [0.4, 0.5) is 10.1 Å². The Morgan fingerprint density at radius 3 is 2.79 bits per heavy atom. The molecule has 1 aromatic rings. The largest absolute Gasteiger partial charge is 0.396 e. The van der Waals surface area contributed by atoms with Gasteiger partial charge in [-0.2, -0.15) is 11.8 Å². The number of rotatable bonds is 4. The van der Waals surface area contributed by atoms with Gasteiger partial charge in [0.1, 0.15) is 5.82 Å². The van der Waals surface area contributed by atoms with Crippen LogP contribution < -0.4 is 5.73 Å². The van der Waals surface area contributed by atoms with Crippen LogP contribution in [-0.2, 0) is 5.75 Å². The summed E-state index contributed by atoms with van der Waals surface area (Å²) in [6, 6.07) is 5.03. The molecule has 0 aliphatic carbocycles. The molecule has 0 saturated carbocycles. The second-order valence-electron chi connectivity index (χ2n) is 3.39. The van der Waals surface area contributed by atoms with Crippen molar-refractivity contribution < 1.29 is 4.39 Å². The Morgan fingerprint density at radius 2 is 2.21 bits per heavy atom. The predicted octanol–water partition coefficient (Wildman–Crippen LogP) is 3.44. The number of halogens is 1. The lowest BCUT2D eigenvalue weighted by Crippen LogP contribution is -1.95. The first kappa shape index (κ1) is 11.4. The van der Waals surface area contributed by atoms with Crippen LogP contribution in [0.5, 0.6) is 0 Å². The zero-order valence-corrected chi connectivity index (χ0v) is 9.40. The summed E-state index contributed by atoms with van der Waals surface area (Å²) in [6.45, 7) is 4.33. The number of hydrogen-bond donors (Lipinski definition) is 1. The number of nitrogens with two attached hydrogens (primary N) is 1. The molecule has 0 spiro atoms. The Balaban J connectivity index is 2.55. The summed E-state index contributed by atoms with van der Waals surface area (Å²) >= 11 is 1.84. The highest BCUT2D eigenvalue weighted by molar-refractivity contribution is 7.99. The highest BCUT2D eigenvalue weighted by Gasteiger charge is 2.03. The Labute approximate surface area is 88.9 Å². The van der Waals surface area contributed by atoms with Crippen LogP contribution in [0.2, 0.25) is 0 Å². The quantitative estimate of drug-likeness (QED) is 0.775. The minimum atomic E-state index is -0.313. The van der Waals surface area contributed by atoms with Gasteiger partial charge in [-0.3, -0.25) is 0 Å². The topological polar surface area (TPSA) is 26.0 Å². The molecule has 1 aromatic carbocycles. The van der Waals surface area contributed by atoms with Gasteiger partial charge in [-0.1, -0.05) is 19.9 Å². The van der Waals surface area contributed by atoms with Gasteiger partial charge < -0.3 is 5.73 Å². The summed E-state index contributed by atoms with van der Waals surface area (Å²) in [4.78, 5) is 0. The van der Waals surface area contributed by atoms with E-state index < -0.39 is 0 Å². The van der Waals surface area contributed by atoms with Gasteiger partial charge in [0.05, 0.1) is 5.69 Å². The Morgan fingerprint density at radius 1 is 1.50 bits per heavy atom. The van der Waals surface area contributed by atoms with Gasteiger partial charge >= 0.3 is 0 Å². The van der Waals surface area contributed by atoms with Crippen molar-refractivity contribution in [1.29, 1.82) is 0 Å². The molecule has 0 aliphatic heterocycles. The molecule has 0 aromatic heterocycles. The molecule has 1 nitrogen and oxygen atoms in total. The van der Waals surface area contributed by atoms with E-state index in [0.29, 0.717) is 5.25 Å². The maximum absolute atomic E-state index is 13.1. The average Bonchev–Trinajstić information content (AvgIpc) is 2.19. The van der Waals surface area contributed by atoms with E-state index in [1.165, 1.54) is 6.07 Å². The number of anilines is 1. The first-order chi connectivity index (χ1) is 6.63. The fourth-order valence-corrected chi connectivity index (χ4v) is 1.91. The van der Waals surface area contributed by atoms with Crippen LogP contribution in [0.3, 0.4) is 0 Å². The standard InChI is InChI=1S/C11H16FNS/c1-3-8(2)14-7-9-4-5-11(13)10(12)6-9/h4-6,8H,3,7,13H2,1-2H3. The third-order valence-electron chi connectivity index (χ3n) is 2.17. The second-order valence-corrected chi connectivity index (χ2v) is 4.81. The molecule has 78 valence electrons. The van der Waals surface area contributed by atoms with E-state index in [1.54, 1.807) is 6.07 Å². The van der Waals surface area contributed by atoms with Gasteiger partial charge in [0, 0.05) is 11.0 Å². The number of hydrogen-bond acceptors (Lipinski definition) is 2. The number of thioether (sulfide) groups is 1. The van der Waals surface area contributed by atoms with Crippen molar-refractivity contribution in [3.8, 4) is 0 Å². The molecular weight excluding hydrogens is 197 g/mol. The number of benzene rings is 1. The van der Waals surface area contributed by atoms with E-state index in [2.05, 4.69) is 13.8 Å². The molecule has 3 heteroatoms. The van der Waals surface area contributed by atoms with Crippen LogP contribution in [0.25, 0.3) is 0 Å². The van der Waals surface area contributed by atoms with Gasteiger partial charge in [0.2, 0.25) is 0 Å². The monoisotopic (exact) mass is 213 g/mol. The highest BCUT2D eigenvalue weighted by atomic mass is 32.2. The van der Waals surface area contributed by atoms with Gasteiger partial charge in [0.25, 0.3) is 0 Å². The minimum absolute atomic E-state index is 0.224. The summed E-state index contributed by atoms with van der Waals surface area (Å²) in [5, 5.41) is 0.621. The molecule has 14 heavy (non-hydrogen) atoms. The molecule has 0 bridgehead atoms. The van der Waals surface area contributed by atoms with Gasteiger partial charge in [-0.05, 0) is 24.1 Å². The first-order valence-electron chi connectivity index (χ1n) is 4.79. The molecule has 0 radical (unpaired) electrons. The van der Waals surface area contributed by atoms with E-state index in [1.807, 2.05) is 17.8 Å². The first-order valence-corrected chi connectivity index (χ1v) is 5.84. The number of nitrogen functional groups attached to an aromatic ring is 1. The van der Waals surface area contributed by atoms with Crippen molar-refractivity contribution in [2.45, 2.75) is 31.3 Å². The van der Waals surface area contributed by atoms with Crippen molar-refractivity contribution >= 4 is 17.4 Å². The lowest BCUT2D eigenvalue weighted by atomic mass is 10.2. The van der Waals surface area contributed by atoms with Crippen LogP contribution in [0.1, 0.15) is 25.8 Å². The fourth-order valence-electron chi connectivity index (χ4n) is 1.02. The molecule has 0 heterocycles. The second kappa shape index (κ2) is 5.25. The minimum Gasteiger partial charge on any atom is -0.396 e. The van der Waals surface area contributed by atoms with Gasteiger partial charge in [-0.15, -0.1) is 0 Å². The van der Waals surface area contributed by atoms with E-state index in [4.69, 9.17) is 5.73 Å². The lowest BCUT2D eigenvalue weighted by molar-refractivity contribution is 0.631. The highest BCUT2D eigenvalue weighted by Crippen LogP contribution is 2.21. The van der Waals surface area contributed by atoms with Crippen molar-refractivity contribution in [3.05, 3.63) is 29.6 Å². The SMILES string of the molecule is CCC(C)SCc1ccc(N)c(F)c1. The molecular formula is C11H16FNS. The van der Waals surface area contributed by atoms with Crippen molar-refractivity contribution in [2.24, 2.45) is 0 Å². The van der Waals surface area contributed by atoms with Crippen LogP contribution >= 0.6 is 11.8 Å². The van der Waals surface area contributed by atoms with Gasteiger partial charge in [0.15, 0.2) is 0 Å². The fraction of sp³-hybridized carbons (Fsp3) is 0.455. The molecule has 0 saturated heterocycles. The maximum atomic E-state index is 13.1. The van der Waals surface area contributed by atoms with Crippen molar-refractivity contribution in [1.82, 2.24) is 0 Å². The summed E-state index contributed by atoms with van der Waals surface area (Å²) in [5.74, 6) is 0.541. The van der Waals surface area contributed by atoms with Gasteiger partial charge in [-0.25, -0.2) is 4.39 Å². The molecule has 0 fully saturated rings. The van der Waals surface area contributed by atoms with E-state index in [-0.39, 0.29) is 11.5 Å². The van der Waals surface area contributed by atoms with Crippen LogP contribution in [0.15, 0.2) is 18.2 Å². The smallest absolute Gasteiger partial charge is 0.146 e. The Kier molecular flexibility index (Phi) is 4.26. The van der Waals surface area contributed by atoms with E-state index in [9.17, 15) is 4.39 Å². The predicted molar refractivity (Wildman–Crippen MR) is 61.9 cm³/mol.